The van der Waals surface area contributed by atoms with Gasteiger partial charge in [0.2, 0.25) is 0 Å². The number of thioether (sulfide) groups is 1. The highest BCUT2D eigenvalue weighted by Crippen LogP contribution is 2.37. The average Bonchev–Trinajstić information content (AvgIpc) is 2.49. The molecule has 0 amide bonds. The SMILES string of the molecule is CCNC1c2cc(OC(F)(F)F)ccc2CSCC1C. The van der Waals surface area contributed by atoms with Crippen LogP contribution >= 0.6 is 11.8 Å². The first-order valence-electron chi connectivity index (χ1n) is 6.60. The Kier molecular flexibility index (Phi) is 4.86. The quantitative estimate of drug-likeness (QED) is 0.907. The molecule has 1 heterocycles. The van der Waals surface area contributed by atoms with Crippen LogP contribution in [0.15, 0.2) is 18.2 Å². The molecular formula is C14H18F3NOS. The summed E-state index contributed by atoms with van der Waals surface area (Å²) in [7, 11) is 0. The molecule has 1 aliphatic heterocycles. The highest BCUT2D eigenvalue weighted by Gasteiger charge is 2.32. The standard InChI is InChI=1S/C14H18F3NOS/c1-3-18-13-9(2)7-20-8-10-4-5-11(6-12(10)13)19-14(15,16)17/h4-6,9,13,18H,3,7-8H2,1-2H3. The van der Waals surface area contributed by atoms with Crippen molar-refractivity contribution in [2.24, 2.45) is 5.92 Å². The molecule has 1 aromatic rings. The number of nitrogens with one attached hydrogen (secondary N) is 1. The molecule has 0 saturated carbocycles. The summed E-state index contributed by atoms with van der Waals surface area (Å²) in [4.78, 5) is 0. The summed E-state index contributed by atoms with van der Waals surface area (Å²) in [5.41, 5.74) is 2.01. The first-order valence-corrected chi connectivity index (χ1v) is 7.76. The molecule has 2 atom stereocenters. The van der Waals surface area contributed by atoms with Gasteiger partial charge in [-0.1, -0.05) is 19.9 Å². The van der Waals surface area contributed by atoms with Gasteiger partial charge in [-0.2, -0.15) is 11.8 Å². The fourth-order valence-corrected chi connectivity index (χ4v) is 3.64. The van der Waals surface area contributed by atoms with Crippen LogP contribution in [0, 0.1) is 5.92 Å². The third-order valence-corrected chi connectivity index (χ3v) is 4.59. The van der Waals surface area contributed by atoms with Crippen LogP contribution in [0.2, 0.25) is 0 Å². The summed E-state index contributed by atoms with van der Waals surface area (Å²) >= 11 is 1.81. The topological polar surface area (TPSA) is 21.3 Å². The number of benzene rings is 1. The van der Waals surface area contributed by atoms with Crippen LogP contribution in [-0.2, 0) is 5.75 Å². The fraction of sp³-hybridized carbons (Fsp3) is 0.571. The Morgan fingerprint density at radius 2 is 2.15 bits per heavy atom. The van der Waals surface area contributed by atoms with E-state index in [9.17, 15) is 13.2 Å². The zero-order valence-corrected chi connectivity index (χ0v) is 12.3. The highest BCUT2D eigenvalue weighted by molar-refractivity contribution is 7.98. The van der Waals surface area contributed by atoms with Gasteiger partial charge in [0.25, 0.3) is 0 Å². The van der Waals surface area contributed by atoms with Gasteiger partial charge >= 0.3 is 6.36 Å². The van der Waals surface area contributed by atoms with Crippen molar-refractivity contribution in [1.29, 1.82) is 0 Å². The van der Waals surface area contributed by atoms with E-state index in [0.29, 0.717) is 5.92 Å². The van der Waals surface area contributed by atoms with Gasteiger partial charge in [0.15, 0.2) is 0 Å². The second-order valence-electron chi connectivity index (χ2n) is 4.94. The number of alkyl halides is 3. The summed E-state index contributed by atoms with van der Waals surface area (Å²) in [6.45, 7) is 4.90. The highest BCUT2D eigenvalue weighted by atomic mass is 32.2. The van der Waals surface area contributed by atoms with Crippen LogP contribution in [0.25, 0.3) is 0 Å². The first kappa shape index (κ1) is 15.5. The van der Waals surface area contributed by atoms with Gasteiger partial charge < -0.3 is 10.1 Å². The van der Waals surface area contributed by atoms with E-state index in [1.54, 1.807) is 6.07 Å². The molecule has 0 aliphatic carbocycles. The summed E-state index contributed by atoms with van der Waals surface area (Å²) in [5, 5.41) is 3.37. The van der Waals surface area contributed by atoms with E-state index in [-0.39, 0.29) is 11.8 Å². The second kappa shape index (κ2) is 6.26. The number of halogens is 3. The number of hydrogen-bond acceptors (Lipinski definition) is 3. The Morgan fingerprint density at radius 3 is 2.80 bits per heavy atom. The zero-order chi connectivity index (χ0) is 14.8. The molecule has 2 nitrogen and oxygen atoms in total. The lowest BCUT2D eigenvalue weighted by atomic mass is 9.92. The predicted molar refractivity (Wildman–Crippen MR) is 74.9 cm³/mol. The van der Waals surface area contributed by atoms with E-state index < -0.39 is 6.36 Å². The lowest BCUT2D eigenvalue weighted by molar-refractivity contribution is -0.274. The molecular weight excluding hydrogens is 287 g/mol. The van der Waals surface area contributed by atoms with E-state index in [1.165, 1.54) is 12.1 Å². The van der Waals surface area contributed by atoms with E-state index in [4.69, 9.17) is 0 Å². The van der Waals surface area contributed by atoms with E-state index in [2.05, 4.69) is 17.0 Å². The second-order valence-corrected chi connectivity index (χ2v) is 5.97. The normalized spacial score (nSPS) is 23.1. The Hall–Kier alpha value is -0.880. The fourth-order valence-electron chi connectivity index (χ4n) is 2.48. The number of rotatable bonds is 3. The van der Waals surface area contributed by atoms with Gasteiger partial charge in [-0.15, -0.1) is 13.2 Å². The summed E-state index contributed by atoms with van der Waals surface area (Å²) in [6.07, 6.45) is -4.65. The van der Waals surface area contributed by atoms with Crippen molar-refractivity contribution in [1.82, 2.24) is 5.32 Å². The molecule has 0 fully saturated rings. The third kappa shape index (κ3) is 3.82. The largest absolute Gasteiger partial charge is 0.573 e. The van der Waals surface area contributed by atoms with Gasteiger partial charge in [0.1, 0.15) is 5.75 Å². The molecule has 2 unspecified atom stereocenters. The number of ether oxygens (including phenoxy) is 1. The van der Waals surface area contributed by atoms with Crippen molar-refractivity contribution < 1.29 is 17.9 Å². The minimum absolute atomic E-state index is 0.0711. The Bertz CT molecular complexity index is 464. The monoisotopic (exact) mass is 305 g/mol. The minimum Gasteiger partial charge on any atom is -0.406 e. The van der Waals surface area contributed by atoms with Crippen LogP contribution in [0.4, 0.5) is 13.2 Å². The predicted octanol–water partition coefficient (Wildman–Crippen LogP) is 4.12. The van der Waals surface area contributed by atoms with Gasteiger partial charge in [-0.3, -0.25) is 0 Å². The maximum atomic E-state index is 12.3. The lowest BCUT2D eigenvalue weighted by Crippen LogP contribution is -2.28. The van der Waals surface area contributed by atoms with E-state index in [1.807, 2.05) is 18.7 Å². The van der Waals surface area contributed by atoms with Gasteiger partial charge in [0.05, 0.1) is 0 Å². The Labute approximate surface area is 121 Å². The van der Waals surface area contributed by atoms with Crippen molar-refractivity contribution in [3.8, 4) is 5.75 Å². The van der Waals surface area contributed by atoms with E-state index >= 15 is 0 Å². The molecule has 112 valence electrons. The molecule has 0 aromatic heterocycles. The number of hydrogen-bond donors (Lipinski definition) is 1. The first-order chi connectivity index (χ1) is 9.40. The zero-order valence-electron chi connectivity index (χ0n) is 11.5. The van der Waals surface area contributed by atoms with Crippen molar-refractivity contribution in [2.75, 3.05) is 12.3 Å². The lowest BCUT2D eigenvalue weighted by Gasteiger charge is -2.24. The smallest absolute Gasteiger partial charge is 0.406 e. The molecule has 1 aliphatic rings. The van der Waals surface area contributed by atoms with Crippen LogP contribution in [0.1, 0.15) is 31.0 Å². The van der Waals surface area contributed by atoms with Crippen LogP contribution in [-0.4, -0.2) is 18.7 Å². The van der Waals surface area contributed by atoms with Crippen molar-refractivity contribution >= 4 is 11.8 Å². The van der Waals surface area contributed by atoms with E-state index in [0.717, 1.165) is 29.2 Å². The maximum absolute atomic E-state index is 12.3. The summed E-state index contributed by atoms with van der Waals surface area (Å²) in [6, 6.07) is 4.73. The van der Waals surface area contributed by atoms with Crippen LogP contribution in [0.3, 0.4) is 0 Å². The molecule has 20 heavy (non-hydrogen) atoms. The Balaban J connectivity index is 2.34. The van der Waals surface area contributed by atoms with Crippen LogP contribution < -0.4 is 10.1 Å². The molecule has 0 radical (unpaired) electrons. The Morgan fingerprint density at radius 1 is 1.40 bits per heavy atom. The molecule has 1 N–H and O–H groups in total. The van der Waals surface area contributed by atoms with Gasteiger partial charge in [-0.05, 0) is 41.5 Å². The molecule has 2 rings (SSSR count). The number of fused-ring (bicyclic) bond motifs is 1. The maximum Gasteiger partial charge on any atom is 0.573 e. The minimum atomic E-state index is -4.65. The van der Waals surface area contributed by atoms with Crippen molar-refractivity contribution in [3.63, 3.8) is 0 Å². The summed E-state index contributed by atoms with van der Waals surface area (Å²) in [5.74, 6) is 2.04. The van der Waals surface area contributed by atoms with Gasteiger partial charge in [0, 0.05) is 11.8 Å². The van der Waals surface area contributed by atoms with Crippen LogP contribution in [0.5, 0.6) is 5.75 Å². The van der Waals surface area contributed by atoms with Crippen molar-refractivity contribution in [2.45, 2.75) is 32.0 Å². The molecule has 0 bridgehead atoms. The third-order valence-electron chi connectivity index (χ3n) is 3.32. The molecule has 0 spiro atoms. The van der Waals surface area contributed by atoms with Crippen molar-refractivity contribution in [3.05, 3.63) is 29.3 Å². The molecule has 6 heteroatoms. The molecule has 1 aromatic carbocycles. The molecule has 0 saturated heterocycles. The van der Waals surface area contributed by atoms with Gasteiger partial charge in [-0.25, -0.2) is 0 Å². The summed E-state index contributed by atoms with van der Waals surface area (Å²) < 4.78 is 41.0. The average molecular weight is 305 g/mol.